The number of rotatable bonds is 2. The Bertz CT molecular complexity index is 579. The van der Waals surface area contributed by atoms with E-state index in [0.717, 1.165) is 27.9 Å². The summed E-state index contributed by atoms with van der Waals surface area (Å²) in [5.74, 6) is 7.40. The number of nitrogen functional groups attached to an aromatic ring is 1. The minimum Gasteiger partial charge on any atom is -0.493 e. The number of benzene rings is 1. The van der Waals surface area contributed by atoms with Crippen molar-refractivity contribution in [2.45, 2.75) is 13.8 Å². The minimum absolute atomic E-state index is 0.715. The van der Waals surface area contributed by atoms with E-state index in [1.165, 1.54) is 0 Å². The van der Waals surface area contributed by atoms with Gasteiger partial charge in [-0.15, -0.1) is 0 Å². The fourth-order valence-corrected chi connectivity index (χ4v) is 2.02. The fraction of sp³-hybridized carbons (Fsp3) is 0.308. The van der Waals surface area contributed by atoms with Gasteiger partial charge in [0.2, 0.25) is 11.4 Å². The molecule has 2 rings (SSSR count). The van der Waals surface area contributed by atoms with Gasteiger partial charge in [0.05, 0.1) is 19.6 Å². The molecule has 0 saturated carbocycles. The lowest BCUT2D eigenvalue weighted by Gasteiger charge is -2.10. The standard InChI is InChI=1S/C13H17N2O2/c1-8-5-10-6-12(16-3)13(17-4)7-11(10)9(2)15(8)14/h5-7H,14H2,1-4H3/q+1. The van der Waals surface area contributed by atoms with E-state index in [-0.39, 0.29) is 0 Å². The van der Waals surface area contributed by atoms with Crippen molar-refractivity contribution in [2.75, 3.05) is 20.1 Å². The molecule has 1 aromatic heterocycles. The van der Waals surface area contributed by atoms with Crippen LogP contribution in [0.2, 0.25) is 0 Å². The van der Waals surface area contributed by atoms with Crippen molar-refractivity contribution >= 4 is 10.8 Å². The minimum atomic E-state index is 0.715. The SMILES string of the molecule is COc1cc2cc(C)[n+](N)c(C)c2cc1OC. The van der Waals surface area contributed by atoms with Crippen LogP contribution in [0.1, 0.15) is 11.4 Å². The molecule has 0 aliphatic rings. The zero-order valence-corrected chi connectivity index (χ0v) is 10.6. The zero-order valence-electron chi connectivity index (χ0n) is 10.6. The van der Waals surface area contributed by atoms with E-state index in [9.17, 15) is 0 Å². The third kappa shape index (κ3) is 1.75. The van der Waals surface area contributed by atoms with Gasteiger partial charge in [0.25, 0.3) is 0 Å². The lowest BCUT2D eigenvalue weighted by Crippen LogP contribution is -2.49. The zero-order chi connectivity index (χ0) is 12.6. The molecule has 0 radical (unpaired) electrons. The van der Waals surface area contributed by atoms with E-state index in [2.05, 4.69) is 0 Å². The Kier molecular flexibility index (Phi) is 2.79. The van der Waals surface area contributed by atoms with E-state index in [1.807, 2.05) is 32.0 Å². The van der Waals surface area contributed by atoms with Crippen LogP contribution in [0.15, 0.2) is 18.2 Å². The number of aryl methyl sites for hydroxylation is 2. The maximum Gasteiger partial charge on any atom is 0.216 e. The van der Waals surface area contributed by atoms with Crippen LogP contribution in [0.4, 0.5) is 0 Å². The number of fused-ring (bicyclic) bond motifs is 1. The lowest BCUT2D eigenvalue weighted by atomic mass is 10.1. The van der Waals surface area contributed by atoms with Gasteiger partial charge in [-0.2, -0.15) is 0 Å². The highest BCUT2D eigenvalue weighted by Crippen LogP contribution is 2.32. The third-order valence-electron chi connectivity index (χ3n) is 3.05. The lowest BCUT2D eigenvalue weighted by molar-refractivity contribution is -0.650. The van der Waals surface area contributed by atoms with E-state index in [1.54, 1.807) is 18.9 Å². The molecule has 0 bridgehead atoms. The second-order valence-electron chi connectivity index (χ2n) is 4.04. The molecular formula is C13H17N2O2+. The van der Waals surface area contributed by atoms with Crippen molar-refractivity contribution in [3.8, 4) is 11.5 Å². The monoisotopic (exact) mass is 233 g/mol. The first kappa shape index (κ1) is 11.5. The molecule has 1 aromatic carbocycles. The summed E-state index contributed by atoms with van der Waals surface area (Å²) in [6.07, 6.45) is 0. The Morgan fingerprint density at radius 1 is 1.00 bits per heavy atom. The molecule has 0 spiro atoms. The quantitative estimate of drug-likeness (QED) is 0.631. The number of aromatic nitrogens is 1. The van der Waals surface area contributed by atoms with Gasteiger partial charge in [-0.3, -0.25) is 0 Å². The van der Waals surface area contributed by atoms with Crippen LogP contribution in [0.3, 0.4) is 0 Å². The van der Waals surface area contributed by atoms with Crippen LogP contribution in [-0.4, -0.2) is 14.2 Å². The molecule has 90 valence electrons. The summed E-state index contributed by atoms with van der Waals surface area (Å²) in [7, 11) is 3.26. The number of hydrogen-bond acceptors (Lipinski definition) is 3. The second kappa shape index (κ2) is 4.13. The molecule has 0 aliphatic heterocycles. The first-order valence-electron chi connectivity index (χ1n) is 5.41. The summed E-state index contributed by atoms with van der Waals surface area (Å²) in [5, 5.41) is 2.16. The van der Waals surface area contributed by atoms with Gasteiger partial charge in [0, 0.05) is 19.9 Å². The molecule has 0 atom stereocenters. The summed E-state index contributed by atoms with van der Waals surface area (Å²) in [4.78, 5) is 0. The van der Waals surface area contributed by atoms with Crippen molar-refractivity contribution in [2.24, 2.45) is 0 Å². The molecule has 0 saturated heterocycles. The van der Waals surface area contributed by atoms with Crippen molar-refractivity contribution in [3.63, 3.8) is 0 Å². The van der Waals surface area contributed by atoms with Crippen LogP contribution in [0, 0.1) is 13.8 Å². The Morgan fingerprint density at radius 3 is 2.18 bits per heavy atom. The molecule has 2 aromatic rings. The number of ether oxygens (including phenoxy) is 2. The molecule has 17 heavy (non-hydrogen) atoms. The maximum atomic E-state index is 5.95. The Morgan fingerprint density at radius 2 is 1.59 bits per heavy atom. The molecular weight excluding hydrogens is 216 g/mol. The summed E-state index contributed by atoms with van der Waals surface area (Å²) in [6.45, 7) is 3.96. The fourth-order valence-electron chi connectivity index (χ4n) is 2.02. The Balaban J connectivity index is 2.83. The van der Waals surface area contributed by atoms with E-state index >= 15 is 0 Å². The predicted molar refractivity (Wildman–Crippen MR) is 66.9 cm³/mol. The van der Waals surface area contributed by atoms with Gasteiger partial charge >= 0.3 is 0 Å². The van der Waals surface area contributed by atoms with Crippen LogP contribution in [0.5, 0.6) is 11.5 Å². The topological polar surface area (TPSA) is 48.4 Å². The van der Waals surface area contributed by atoms with Gasteiger partial charge in [0.15, 0.2) is 11.5 Å². The molecule has 0 fully saturated rings. The van der Waals surface area contributed by atoms with Crippen LogP contribution < -0.4 is 20.0 Å². The summed E-state index contributed by atoms with van der Waals surface area (Å²) < 4.78 is 12.3. The first-order valence-corrected chi connectivity index (χ1v) is 5.41. The third-order valence-corrected chi connectivity index (χ3v) is 3.05. The number of pyridine rings is 1. The van der Waals surface area contributed by atoms with Gasteiger partial charge in [0.1, 0.15) is 0 Å². The van der Waals surface area contributed by atoms with Crippen LogP contribution >= 0.6 is 0 Å². The summed E-state index contributed by atoms with van der Waals surface area (Å²) >= 11 is 0. The summed E-state index contributed by atoms with van der Waals surface area (Å²) in [6, 6.07) is 5.95. The molecule has 1 heterocycles. The Hall–Kier alpha value is -1.97. The second-order valence-corrected chi connectivity index (χ2v) is 4.04. The molecule has 4 heteroatoms. The van der Waals surface area contributed by atoms with Crippen LogP contribution in [0.25, 0.3) is 10.8 Å². The van der Waals surface area contributed by atoms with Gasteiger partial charge in [-0.05, 0) is 17.5 Å². The molecule has 4 nitrogen and oxygen atoms in total. The average molecular weight is 233 g/mol. The molecule has 2 N–H and O–H groups in total. The highest BCUT2D eigenvalue weighted by atomic mass is 16.5. The highest BCUT2D eigenvalue weighted by molar-refractivity contribution is 5.87. The van der Waals surface area contributed by atoms with Gasteiger partial charge in [-0.25, -0.2) is 5.84 Å². The summed E-state index contributed by atoms with van der Waals surface area (Å²) in [5.41, 5.74) is 2.00. The normalized spacial score (nSPS) is 10.6. The van der Waals surface area contributed by atoms with Crippen molar-refractivity contribution < 1.29 is 14.1 Å². The van der Waals surface area contributed by atoms with Crippen LogP contribution in [-0.2, 0) is 0 Å². The number of nitrogens with two attached hydrogens (primary N) is 1. The number of hydrogen-bond donors (Lipinski definition) is 1. The van der Waals surface area contributed by atoms with E-state index in [0.29, 0.717) is 5.75 Å². The largest absolute Gasteiger partial charge is 0.493 e. The predicted octanol–water partition coefficient (Wildman–Crippen LogP) is 1.48. The van der Waals surface area contributed by atoms with Crippen molar-refractivity contribution in [1.82, 2.24) is 0 Å². The average Bonchev–Trinajstić information content (AvgIpc) is 2.34. The molecule has 0 unspecified atom stereocenters. The maximum absolute atomic E-state index is 5.95. The Labute approximate surface area is 101 Å². The smallest absolute Gasteiger partial charge is 0.216 e. The van der Waals surface area contributed by atoms with E-state index < -0.39 is 0 Å². The van der Waals surface area contributed by atoms with E-state index in [4.69, 9.17) is 15.3 Å². The van der Waals surface area contributed by atoms with Crippen molar-refractivity contribution in [3.05, 3.63) is 29.6 Å². The molecule has 0 aliphatic carbocycles. The van der Waals surface area contributed by atoms with Gasteiger partial charge in [-0.1, -0.05) is 4.68 Å². The highest BCUT2D eigenvalue weighted by Gasteiger charge is 2.15. The number of methoxy groups -OCH3 is 2. The molecule has 0 amide bonds. The van der Waals surface area contributed by atoms with Crippen molar-refractivity contribution in [1.29, 1.82) is 0 Å². The first-order chi connectivity index (χ1) is 8.08. The van der Waals surface area contributed by atoms with Gasteiger partial charge < -0.3 is 9.47 Å². The number of nitrogens with zero attached hydrogens (tertiary/aromatic N) is 1.